The molecule has 2 heterocycles. The lowest BCUT2D eigenvalue weighted by atomic mass is 9.91. The molecule has 2 aromatic carbocycles. The number of nitro groups is 1. The Morgan fingerprint density at radius 2 is 1.85 bits per heavy atom. The Morgan fingerprint density at radius 3 is 2.56 bits per heavy atom. The molecule has 0 spiro atoms. The smallest absolute Gasteiger partial charge is 0.325 e. The van der Waals surface area contributed by atoms with Crippen molar-refractivity contribution in [2.75, 3.05) is 6.79 Å². The van der Waals surface area contributed by atoms with Gasteiger partial charge >= 0.3 is 6.03 Å². The number of nitro benzene ring substituents is 1. The number of carbonyl (C=O) groups excluding carboxylic acids is 2. The molecule has 0 bridgehead atoms. The third kappa shape index (κ3) is 2.73. The van der Waals surface area contributed by atoms with Gasteiger partial charge in [0, 0.05) is 12.1 Å². The molecule has 27 heavy (non-hydrogen) atoms. The Hall–Kier alpha value is -3.62. The van der Waals surface area contributed by atoms with E-state index >= 15 is 0 Å². The van der Waals surface area contributed by atoms with E-state index in [2.05, 4.69) is 5.32 Å². The second kappa shape index (κ2) is 5.97. The molecule has 0 aromatic heterocycles. The molecule has 2 aromatic rings. The molecule has 0 radical (unpaired) electrons. The van der Waals surface area contributed by atoms with E-state index in [0.717, 1.165) is 4.90 Å². The van der Waals surface area contributed by atoms with Gasteiger partial charge in [-0.15, -0.1) is 0 Å². The van der Waals surface area contributed by atoms with Gasteiger partial charge in [-0.3, -0.25) is 19.8 Å². The third-order valence-corrected chi connectivity index (χ3v) is 4.71. The number of ether oxygens (including phenoxy) is 2. The normalized spacial score (nSPS) is 20.7. The molecular weight excluding hydrogens is 354 g/mol. The van der Waals surface area contributed by atoms with Crippen LogP contribution in [0, 0.1) is 10.1 Å². The number of imide groups is 1. The van der Waals surface area contributed by atoms with Gasteiger partial charge in [-0.05, 0) is 30.2 Å². The van der Waals surface area contributed by atoms with E-state index in [-0.39, 0.29) is 19.0 Å². The molecule has 0 aliphatic carbocycles. The molecule has 4 rings (SSSR count). The molecule has 9 nitrogen and oxygen atoms in total. The number of carbonyl (C=O) groups is 2. The first-order chi connectivity index (χ1) is 12.9. The van der Waals surface area contributed by atoms with E-state index < -0.39 is 22.4 Å². The maximum Gasteiger partial charge on any atom is 0.325 e. The molecule has 138 valence electrons. The van der Waals surface area contributed by atoms with Crippen molar-refractivity contribution in [1.29, 1.82) is 0 Å². The van der Waals surface area contributed by atoms with Crippen molar-refractivity contribution in [3.05, 3.63) is 63.7 Å². The second-order valence-corrected chi connectivity index (χ2v) is 6.44. The first-order valence-corrected chi connectivity index (χ1v) is 8.16. The molecule has 2 aliphatic heterocycles. The summed E-state index contributed by atoms with van der Waals surface area (Å²) in [7, 11) is 0. The Labute approximate surface area is 153 Å². The first-order valence-electron chi connectivity index (χ1n) is 8.16. The summed E-state index contributed by atoms with van der Waals surface area (Å²) < 4.78 is 10.6. The zero-order chi connectivity index (χ0) is 19.2. The highest BCUT2D eigenvalue weighted by Gasteiger charge is 2.49. The van der Waals surface area contributed by atoms with Gasteiger partial charge in [-0.25, -0.2) is 4.79 Å². The van der Waals surface area contributed by atoms with E-state index in [4.69, 9.17) is 9.47 Å². The van der Waals surface area contributed by atoms with Crippen molar-refractivity contribution < 1.29 is 24.0 Å². The third-order valence-electron chi connectivity index (χ3n) is 4.71. The van der Waals surface area contributed by atoms with Crippen LogP contribution in [0.2, 0.25) is 0 Å². The van der Waals surface area contributed by atoms with Crippen molar-refractivity contribution in [2.45, 2.75) is 19.0 Å². The molecule has 1 atom stereocenters. The molecule has 0 saturated carbocycles. The standard InChI is InChI=1S/C18H15N3O6/c1-18(12-4-7-14-15(8-12)27-10-26-14)16(22)20(17(23)19-18)9-11-2-5-13(6-3-11)21(24)25/h2-8H,9-10H2,1H3,(H,19,23)/t18-/m0/s1. The number of rotatable bonds is 4. The van der Waals surface area contributed by atoms with Gasteiger partial charge in [0.05, 0.1) is 11.5 Å². The second-order valence-electron chi connectivity index (χ2n) is 6.44. The number of benzene rings is 2. The largest absolute Gasteiger partial charge is 0.454 e. The quantitative estimate of drug-likeness (QED) is 0.503. The van der Waals surface area contributed by atoms with Gasteiger partial charge in [0.25, 0.3) is 11.6 Å². The maximum atomic E-state index is 13.0. The lowest BCUT2D eigenvalue weighted by Crippen LogP contribution is -2.40. The van der Waals surface area contributed by atoms with Gasteiger partial charge in [0.2, 0.25) is 6.79 Å². The number of amides is 3. The topological polar surface area (TPSA) is 111 Å². The number of urea groups is 1. The molecule has 1 saturated heterocycles. The Bertz CT molecular complexity index is 958. The molecular formula is C18H15N3O6. The number of hydrogen-bond donors (Lipinski definition) is 1. The van der Waals surface area contributed by atoms with Gasteiger partial charge in [-0.1, -0.05) is 18.2 Å². The number of non-ortho nitro benzene ring substituents is 1. The van der Waals surface area contributed by atoms with Gasteiger partial charge < -0.3 is 14.8 Å². The summed E-state index contributed by atoms with van der Waals surface area (Å²) in [5.74, 6) is 0.691. The fraction of sp³-hybridized carbons (Fsp3) is 0.222. The molecule has 1 fully saturated rings. The zero-order valence-electron chi connectivity index (χ0n) is 14.3. The van der Waals surface area contributed by atoms with Crippen molar-refractivity contribution in [1.82, 2.24) is 10.2 Å². The van der Waals surface area contributed by atoms with Gasteiger partial charge in [0.15, 0.2) is 11.5 Å². The lowest BCUT2D eigenvalue weighted by molar-refractivity contribution is -0.384. The highest BCUT2D eigenvalue weighted by Crippen LogP contribution is 2.38. The predicted octanol–water partition coefficient (Wildman–Crippen LogP) is 2.29. The summed E-state index contributed by atoms with van der Waals surface area (Å²) in [5.41, 5.74) is -0.102. The summed E-state index contributed by atoms with van der Waals surface area (Å²) >= 11 is 0. The minimum absolute atomic E-state index is 0.0167. The van der Waals surface area contributed by atoms with Crippen LogP contribution in [-0.4, -0.2) is 28.6 Å². The van der Waals surface area contributed by atoms with Gasteiger partial charge in [-0.2, -0.15) is 0 Å². The highest BCUT2D eigenvalue weighted by atomic mass is 16.7. The van der Waals surface area contributed by atoms with Crippen LogP contribution in [0.5, 0.6) is 11.5 Å². The van der Waals surface area contributed by atoms with Crippen LogP contribution in [0.3, 0.4) is 0 Å². The predicted molar refractivity (Wildman–Crippen MR) is 92.1 cm³/mol. The minimum Gasteiger partial charge on any atom is -0.454 e. The van der Waals surface area contributed by atoms with Crippen molar-refractivity contribution >= 4 is 17.6 Å². The minimum atomic E-state index is -1.24. The van der Waals surface area contributed by atoms with Crippen LogP contribution in [0.1, 0.15) is 18.1 Å². The first kappa shape index (κ1) is 16.8. The average molecular weight is 369 g/mol. The lowest BCUT2D eigenvalue weighted by Gasteiger charge is -2.22. The number of nitrogens with zero attached hydrogens (tertiary/aromatic N) is 2. The van der Waals surface area contributed by atoms with Crippen molar-refractivity contribution in [3.8, 4) is 11.5 Å². The van der Waals surface area contributed by atoms with Gasteiger partial charge in [0.1, 0.15) is 5.54 Å². The fourth-order valence-corrected chi connectivity index (χ4v) is 3.15. The molecule has 0 unspecified atom stereocenters. The van der Waals surface area contributed by atoms with E-state index in [1.807, 2.05) is 0 Å². The van der Waals surface area contributed by atoms with E-state index in [1.165, 1.54) is 24.3 Å². The number of fused-ring (bicyclic) bond motifs is 1. The van der Waals surface area contributed by atoms with Crippen LogP contribution in [0.25, 0.3) is 0 Å². The van der Waals surface area contributed by atoms with E-state index in [0.29, 0.717) is 22.6 Å². The zero-order valence-corrected chi connectivity index (χ0v) is 14.3. The molecule has 3 amide bonds. The van der Waals surface area contributed by atoms with Crippen LogP contribution in [0.15, 0.2) is 42.5 Å². The Kier molecular flexibility index (Phi) is 3.72. The molecule has 9 heteroatoms. The van der Waals surface area contributed by atoms with Crippen LogP contribution >= 0.6 is 0 Å². The SMILES string of the molecule is C[C@@]1(c2ccc3c(c2)OCO3)NC(=O)N(Cc2ccc([N+](=O)[O-])cc2)C1=O. The average Bonchev–Trinajstić information content (AvgIpc) is 3.20. The summed E-state index contributed by atoms with van der Waals surface area (Å²) in [6.07, 6.45) is 0. The van der Waals surface area contributed by atoms with E-state index in [9.17, 15) is 19.7 Å². The molecule has 2 aliphatic rings. The molecule has 1 N–H and O–H groups in total. The summed E-state index contributed by atoms with van der Waals surface area (Å²) in [6.45, 7) is 1.76. The fourth-order valence-electron chi connectivity index (χ4n) is 3.15. The van der Waals surface area contributed by atoms with Crippen LogP contribution < -0.4 is 14.8 Å². The maximum absolute atomic E-state index is 13.0. The number of hydrogen-bond acceptors (Lipinski definition) is 6. The Balaban J connectivity index is 1.58. The monoisotopic (exact) mass is 369 g/mol. The van der Waals surface area contributed by atoms with Crippen molar-refractivity contribution in [3.63, 3.8) is 0 Å². The summed E-state index contributed by atoms with van der Waals surface area (Å²) in [5, 5.41) is 13.5. The van der Waals surface area contributed by atoms with Crippen LogP contribution in [-0.2, 0) is 16.9 Å². The summed E-state index contributed by atoms with van der Waals surface area (Å²) in [6, 6.07) is 10.3. The van der Waals surface area contributed by atoms with E-state index in [1.54, 1.807) is 25.1 Å². The number of nitrogens with one attached hydrogen (secondary N) is 1. The van der Waals surface area contributed by atoms with Crippen LogP contribution in [0.4, 0.5) is 10.5 Å². The van der Waals surface area contributed by atoms with Crippen molar-refractivity contribution in [2.24, 2.45) is 0 Å². The summed E-state index contributed by atoms with van der Waals surface area (Å²) in [4.78, 5) is 36.7. The Morgan fingerprint density at radius 1 is 1.15 bits per heavy atom. The highest BCUT2D eigenvalue weighted by molar-refractivity contribution is 6.07.